The van der Waals surface area contributed by atoms with Crippen LogP contribution in [0.5, 0.6) is 0 Å². The van der Waals surface area contributed by atoms with Gasteiger partial charge in [0.15, 0.2) is 5.82 Å². The van der Waals surface area contributed by atoms with Gasteiger partial charge in [-0.25, -0.2) is 0 Å². The Kier molecular flexibility index (Phi) is 4.41. The third kappa shape index (κ3) is 3.01. The second kappa shape index (κ2) is 6.95. The standard InChI is InChI=1S/C20H13Br2N5S/c21-13-9-15(18(23)16(22)10-13)19-26-27-17(24-25-20(27)28-19)8-12-6-3-5-11-4-1-2-7-14(11)12/h1-7,9-10H,8,23H2. The predicted molar refractivity (Wildman–Crippen MR) is 121 cm³/mol. The summed E-state index contributed by atoms with van der Waals surface area (Å²) < 4.78 is 3.58. The first-order chi connectivity index (χ1) is 13.6. The minimum absolute atomic E-state index is 0.656. The van der Waals surface area contributed by atoms with Gasteiger partial charge in [0, 0.05) is 20.9 Å². The van der Waals surface area contributed by atoms with E-state index in [1.165, 1.54) is 27.7 Å². The van der Waals surface area contributed by atoms with Crippen molar-refractivity contribution < 1.29 is 0 Å². The monoisotopic (exact) mass is 513 g/mol. The van der Waals surface area contributed by atoms with E-state index in [1.54, 1.807) is 0 Å². The third-order valence-corrected chi connectivity index (χ3v) is 6.65. The molecular formula is C20H13Br2N5S. The summed E-state index contributed by atoms with van der Waals surface area (Å²) in [7, 11) is 0. The molecule has 8 heteroatoms. The van der Waals surface area contributed by atoms with Gasteiger partial charge in [0.2, 0.25) is 4.96 Å². The molecule has 0 saturated heterocycles. The molecule has 5 rings (SSSR count). The normalized spacial score (nSPS) is 11.5. The Morgan fingerprint density at radius 2 is 1.82 bits per heavy atom. The van der Waals surface area contributed by atoms with Gasteiger partial charge in [-0.1, -0.05) is 69.7 Å². The number of nitrogens with two attached hydrogens (primary N) is 1. The highest BCUT2D eigenvalue weighted by atomic mass is 79.9. The first-order valence-electron chi connectivity index (χ1n) is 8.53. The van der Waals surface area contributed by atoms with Gasteiger partial charge in [-0.2, -0.15) is 9.61 Å². The largest absolute Gasteiger partial charge is 0.397 e. The molecule has 0 aliphatic rings. The lowest BCUT2D eigenvalue weighted by Gasteiger charge is -2.06. The van der Waals surface area contributed by atoms with Gasteiger partial charge in [-0.3, -0.25) is 0 Å². The fraction of sp³-hybridized carbons (Fsp3) is 0.0500. The van der Waals surface area contributed by atoms with Crippen molar-refractivity contribution in [3.63, 3.8) is 0 Å². The Morgan fingerprint density at radius 3 is 2.71 bits per heavy atom. The van der Waals surface area contributed by atoms with Gasteiger partial charge in [0.25, 0.3) is 0 Å². The lowest BCUT2D eigenvalue weighted by molar-refractivity contribution is 0.857. The fourth-order valence-corrected chi connectivity index (χ4v) is 5.37. The number of benzene rings is 3. The highest BCUT2D eigenvalue weighted by molar-refractivity contribution is 9.11. The van der Waals surface area contributed by atoms with E-state index in [4.69, 9.17) is 10.8 Å². The maximum atomic E-state index is 6.25. The number of rotatable bonds is 3. The molecule has 0 atom stereocenters. The summed E-state index contributed by atoms with van der Waals surface area (Å²) in [6.07, 6.45) is 0.656. The van der Waals surface area contributed by atoms with Crippen molar-refractivity contribution in [1.29, 1.82) is 0 Å². The highest BCUT2D eigenvalue weighted by Gasteiger charge is 2.17. The molecule has 0 fully saturated rings. The van der Waals surface area contributed by atoms with E-state index in [2.05, 4.69) is 84.5 Å². The zero-order chi connectivity index (χ0) is 19.3. The van der Waals surface area contributed by atoms with Crippen LogP contribution in [-0.2, 0) is 6.42 Å². The van der Waals surface area contributed by atoms with E-state index in [1.807, 2.05) is 16.6 Å². The van der Waals surface area contributed by atoms with Crippen molar-refractivity contribution in [2.75, 3.05) is 5.73 Å². The molecule has 2 aromatic heterocycles. The van der Waals surface area contributed by atoms with Crippen LogP contribution in [0.25, 0.3) is 26.3 Å². The summed E-state index contributed by atoms with van der Waals surface area (Å²) in [6.45, 7) is 0. The molecule has 5 nitrogen and oxygen atoms in total. The SMILES string of the molecule is Nc1c(Br)cc(Br)cc1-c1nn2c(Cc3cccc4ccccc34)nnc2s1. The number of fused-ring (bicyclic) bond motifs is 2. The molecule has 0 unspecified atom stereocenters. The second-order valence-electron chi connectivity index (χ2n) is 6.38. The summed E-state index contributed by atoms with van der Waals surface area (Å²) in [6, 6.07) is 18.6. The molecule has 0 spiro atoms. The van der Waals surface area contributed by atoms with Crippen LogP contribution in [0.3, 0.4) is 0 Å². The van der Waals surface area contributed by atoms with Crippen LogP contribution in [0.4, 0.5) is 5.69 Å². The first-order valence-corrected chi connectivity index (χ1v) is 10.9. The van der Waals surface area contributed by atoms with Crippen LogP contribution in [0.1, 0.15) is 11.4 Å². The molecule has 3 aromatic carbocycles. The molecule has 28 heavy (non-hydrogen) atoms. The molecule has 2 heterocycles. The maximum absolute atomic E-state index is 6.25. The third-order valence-electron chi connectivity index (χ3n) is 4.61. The van der Waals surface area contributed by atoms with Crippen LogP contribution in [0, 0.1) is 0 Å². The van der Waals surface area contributed by atoms with Gasteiger partial charge in [0.05, 0.1) is 5.69 Å². The Labute approximate surface area is 181 Å². The van der Waals surface area contributed by atoms with Gasteiger partial charge in [0.1, 0.15) is 5.01 Å². The summed E-state index contributed by atoms with van der Waals surface area (Å²) >= 11 is 8.49. The Bertz CT molecular complexity index is 1340. The zero-order valence-electron chi connectivity index (χ0n) is 14.4. The van der Waals surface area contributed by atoms with Gasteiger partial charge in [-0.15, -0.1) is 10.2 Å². The van der Waals surface area contributed by atoms with Crippen LogP contribution in [0.15, 0.2) is 63.5 Å². The Hall–Kier alpha value is -2.29. The number of nitrogens with zero attached hydrogens (tertiary/aromatic N) is 4. The number of nitrogen functional groups attached to an aromatic ring is 1. The maximum Gasteiger partial charge on any atom is 0.234 e. The zero-order valence-corrected chi connectivity index (χ0v) is 18.4. The molecule has 0 radical (unpaired) electrons. The van der Waals surface area contributed by atoms with Crippen molar-refractivity contribution in [3.05, 3.63) is 74.9 Å². The second-order valence-corrected chi connectivity index (χ2v) is 9.11. The van der Waals surface area contributed by atoms with E-state index >= 15 is 0 Å². The van der Waals surface area contributed by atoms with Crippen LogP contribution in [0.2, 0.25) is 0 Å². The van der Waals surface area contributed by atoms with Crippen molar-refractivity contribution >= 4 is 64.6 Å². The fourth-order valence-electron chi connectivity index (χ4n) is 3.26. The molecule has 2 N–H and O–H groups in total. The molecule has 0 aliphatic heterocycles. The minimum atomic E-state index is 0.656. The summed E-state index contributed by atoms with van der Waals surface area (Å²) in [5, 5.41) is 16.7. The molecule has 5 aromatic rings. The van der Waals surface area contributed by atoms with Crippen LogP contribution < -0.4 is 5.73 Å². The van der Waals surface area contributed by atoms with Crippen molar-refractivity contribution in [2.45, 2.75) is 6.42 Å². The van der Waals surface area contributed by atoms with E-state index in [0.717, 1.165) is 30.3 Å². The predicted octanol–water partition coefficient (Wildman–Crippen LogP) is 5.70. The van der Waals surface area contributed by atoms with Gasteiger partial charge >= 0.3 is 0 Å². The smallest absolute Gasteiger partial charge is 0.234 e. The average molecular weight is 515 g/mol. The summed E-state index contributed by atoms with van der Waals surface area (Å²) in [4.78, 5) is 0.751. The lowest BCUT2D eigenvalue weighted by atomic mass is 10.0. The van der Waals surface area contributed by atoms with Crippen LogP contribution in [-0.4, -0.2) is 19.8 Å². The quantitative estimate of drug-likeness (QED) is 0.313. The van der Waals surface area contributed by atoms with E-state index in [9.17, 15) is 0 Å². The average Bonchev–Trinajstić information content (AvgIpc) is 3.27. The van der Waals surface area contributed by atoms with E-state index in [0.29, 0.717) is 12.1 Å². The molecule has 138 valence electrons. The van der Waals surface area contributed by atoms with Crippen molar-refractivity contribution in [2.24, 2.45) is 0 Å². The number of anilines is 1. The molecule has 0 amide bonds. The van der Waals surface area contributed by atoms with Gasteiger partial charge < -0.3 is 5.73 Å². The molecule has 0 saturated carbocycles. The van der Waals surface area contributed by atoms with Crippen molar-refractivity contribution in [1.82, 2.24) is 19.8 Å². The number of hydrogen-bond acceptors (Lipinski definition) is 5. The van der Waals surface area contributed by atoms with Crippen molar-refractivity contribution in [3.8, 4) is 10.6 Å². The molecule has 0 bridgehead atoms. The number of aromatic nitrogens is 4. The van der Waals surface area contributed by atoms with Crippen LogP contribution >= 0.6 is 43.2 Å². The minimum Gasteiger partial charge on any atom is -0.397 e. The summed E-state index contributed by atoms with van der Waals surface area (Å²) in [5.74, 6) is 0.807. The highest BCUT2D eigenvalue weighted by Crippen LogP contribution is 2.37. The Morgan fingerprint density at radius 1 is 1.00 bits per heavy atom. The lowest BCUT2D eigenvalue weighted by Crippen LogP contribution is -1.99. The Balaban J connectivity index is 1.59. The number of hydrogen-bond donors (Lipinski definition) is 1. The summed E-state index contributed by atoms with van der Waals surface area (Å²) in [5.41, 5.74) is 8.98. The first kappa shape index (κ1) is 17.8. The van der Waals surface area contributed by atoms with Gasteiger partial charge in [-0.05, 0) is 44.4 Å². The topological polar surface area (TPSA) is 69.1 Å². The molecule has 0 aliphatic carbocycles. The van der Waals surface area contributed by atoms with E-state index < -0.39 is 0 Å². The number of halogens is 2. The van der Waals surface area contributed by atoms with E-state index in [-0.39, 0.29) is 0 Å². The molecular weight excluding hydrogens is 502 g/mol.